The van der Waals surface area contributed by atoms with E-state index in [4.69, 9.17) is 16.7 Å². The van der Waals surface area contributed by atoms with Gasteiger partial charge in [-0.15, -0.1) is 0 Å². The van der Waals surface area contributed by atoms with E-state index in [2.05, 4.69) is 15.6 Å². The summed E-state index contributed by atoms with van der Waals surface area (Å²) >= 11 is 6.14. The number of hydrogen-bond acceptors (Lipinski definition) is 4. The number of rotatable bonds is 5. The maximum absolute atomic E-state index is 13.2. The first kappa shape index (κ1) is 21.2. The first-order valence-electron chi connectivity index (χ1n) is 10.7. The van der Waals surface area contributed by atoms with E-state index in [1.165, 1.54) is 7.05 Å². The van der Waals surface area contributed by atoms with Gasteiger partial charge in [-0.2, -0.15) is 5.10 Å². The number of anilines is 1. The molecule has 2 aromatic carbocycles. The number of amides is 2. The molecule has 0 bridgehead atoms. The van der Waals surface area contributed by atoms with E-state index in [-0.39, 0.29) is 11.8 Å². The van der Waals surface area contributed by atoms with Crippen LogP contribution in [0.25, 0.3) is 16.7 Å². The molecule has 1 aliphatic rings. The number of carbonyl (C=O) groups is 2. The second-order valence-electron chi connectivity index (χ2n) is 8.18. The highest BCUT2D eigenvalue weighted by Gasteiger charge is 2.30. The molecule has 0 aliphatic heterocycles. The molecule has 0 saturated heterocycles. The lowest BCUT2D eigenvalue weighted by Gasteiger charge is -2.14. The molecule has 2 heterocycles. The van der Waals surface area contributed by atoms with Gasteiger partial charge in [-0.25, -0.2) is 9.67 Å². The summed E-state index contributed by atoms with van der Waals surface area (Å²) in [4.78, 5) is 30.1. The number of carbonyl (C=O) groups excluding carboxylic acids is 2. The Morgan fingerprint density at radius 3 is 2.55 bits per heavy atom. The molecule has 0 radical (unpaired) electrons. The van der Waals surface area contributed by atoms with Gasteiger partial charge in [0.15, 0.2) is 5.65 Å². The van der Waals surface area contributed by atoms with Crippen LogP contribution in [0.3, 0.4) is 0 Å². The van der Waals surface area contributed by atoms with E-state index < -0.39 is 0 Å². The largest absolute Gasteiger partial charge is 0.355 e. The Kier molecular flexibility index (Phi) is 5.34. The summed E-state index contributed by atoms with van der Waals surface area (Å²) in [6.07, 6.45) is 3.70. The molecule has 7 nitrogen and oxygen atoms in total. The molecule has 2 N–H and O–H groups in total. The minimum absolute atomic E-state index is 0.306. The second kappa shape index (κ2) is 8.33. The minimum Gasteiger partial charge on any atom is -0.355 e. The fourth-order valence-electron chi connectivity index (χ4n) is 3.96. The number of nitrogens with one attached hydrogen (secondary N) is 2. The summed E-state index contributed by atoms with van der Waals surface area (Å²) in [7, 11) is 1.53. The first-order chi connectivity index (χ1) is 16.0. The van der Waals surface area contributed by atoms with Crippen LogP contribution in [0.1, 0.15) is 50.7 Å². The Balaban J connectivity index is 1.55. The zero-order chi connectivity index (χ0) is 23.1. The van der Waals surface area contributed by atoms with E-state index in [1.807, 2.05) is 41.1 Å². The number of halogens is 1. The Morgan fingerprint density at radius 2 is 1.85 bits per heavy atom. The topological polar surface area (TPSA) is 88.9 Å². The fourth-order valence-corrected chi connectivity index (χ4v) is 4.24. The summed E-state index contributed by atoms with van der Waals surface area (Å²) < 4.78 is 1.83. The lowest BCUT2D eigenvalue weighted by molar-refractivity contribution is 0.0964. The van der Waals surface area contributed by atoms with E-state index in [0.29, 0.717) is 39.0 Å². The van der Waals surface area contributed by atoms with Crippen LogP contribution in [0.15, 0.2) is 54.7 Å². The van der Waals surface area contributed by atoms with E-state index >= 15 is 0 Å². The van der Waals surface area contributed by atoms with Crippen molar-refractivity contribution in [1.29, 1.82) is 0 Å². The number of aromatic nitrogens is 3. The Hall–Kier alpha value is -3.71. The lowest BCUT2D eigenvalue weighted by Crippen LogP contribution is -2.22. The van der Waals surface area contributed by atoms with Crippen molar-refractivity contribution in [1.82, 2.24) is 20.1 Å². The second-order valence-corrected chi connectivity index (χ2v) is 8.62. The summed E-state index contributed by atoms with van der Waals surface area (Å²) in [5.41, 5.74) is 4.42. The normalized spacial score (nSPS) is 13.2. The third-order valence-electron chi connectivity index (χ3n) is 5.79. The van der Waals surface area contributed by atoms with Crippen LogP contribution in [0.2, 0.25) is 5.02 Å². The minimum atomic E-state index is -0.353. The van der Waals surface area contributed by atoms with Crippen molar-refractivity contribution in [2.75, 3.05) is 12.4 Å². The highest BCUT2D eigenvalue weighted by molar-refractivity contribution is 6.31. The average molecular weight is 460 g/mol. The number of fused-ring (bicyclic) bond motifs is 1. The number of nitrogens with zero attached hydrogens (tertiary/aromatic N) is 3. The van der Waals surface area contributed by atoms with Crippen molar-refractivity contribution < 1.29 is 9.59 Å². The van der Waals surface area contributed by atoms with Crippen molar-refractivity contribution in [3.05, 3.63) is 82.1 Å². The van der Waals surface area contributed by atoms with E-state index in [9.17, 15) is 9.59 Å². The van der Waals surface area contributed by atoms with Gasteiger partial charge in [-0.05, 0) is 55.7 Å². The summed E-state index contributed by atoms with van der Waals surface area (Å²) in [5, 5.41) is 11.6. The van der Waals surface area contributed by atoms with Crippen LogP contribution < -0.4 is 10.6 Å². The Labute approximate surface area is 195 Å². The molecule has 1 saturated carbocycles. The SMILES string of the molecule is CNC(=O)c1cc(Cl)cc(C)c1NC(=O)c1cnc2c(c1)c(C1CC1)nn2-c1ccccc1. The smallest absolute Gasteiger partial charge is 0.257 e. The standard InChI is InChI=1S/C25H22ClN5O2/c1-14-10-17(26)12-20(25(33)27-2)21(14)29-24(32)16-11-19-22(15-8-9-15)30-31(23(19)28-13-16)18-6-4-3-5-7-18/h3-7,10-13,15H,8-9H2,1-2H3,(H,27,33)(H,29,32). The summed E-state index contributed by atoms with van der Waals surface area (Å²) in [5.74, 6) is -0.297. The molecule has 5 rings (SSSR count). The van der Waals surface area contributed by atoms with E-state index in [1.54, 1.807) is 25.3 Å². The number of para-hydroxylation sites is 1. The molecule has 33 heavy (non-hydrogen) atoms. The summed E-state index contributed by atoms with van der Waals surface area (Å²) in [6.45, 7) is 1.80. The van der Waals surface area contributed by atoms with Gasteiger partial charge in [0.2, 0.25) is 0 Å². The Bertz CT molecular complexity index is 1390. The maximum atomic E-state index is 13.2. The molecular formula is C25H22ClN5O2. The van der Waals surface area contributed by atoms with Gasteiger partial charge in [0.05, 0.1) is 28.2 Å². The monoisotopic (exact) mass is 459 g/mol. The zero-order valence-electron chi connectivity index (χ0n) is 18.2. The number of benzene rings is 2. The van der Waals surface area contributed by atoms with Crippen LogP contribution in [-0.2, 0) is 0 Å². The van der Waals surface area contributed by atoms with Crippen molar-refractivity contribution in [2.45, 2.75) is 25.7 Å². The molecule has 166 valence electrons. The molecule has 0 unspecified atom stereocenters. The predicted molar refractivity (Wildman–Crippen MR) is 128 cm³/mol. The van der Waals surface area contributed by atoms with Crippen LogP contribution in [0.4, 0.5) is 5.69 Å². The van der Waals surface area contributed by atoms with Crippen LogP contribution in [0, 0.1) is 6.92 Å². The van der Waals surface area contributed by atoms with Crippen molar-refractivity contribution >= 4 is 40.1 Å². The Morgan fingerprint density at radius 1 is 1.09 bits per heavy atom. The van der Waals surface area contributed by atoms with Gasteiger partial charge < -0.3 is 10.6 Å². The number of aryl methyl sites for hydroxylation is 1. The zero-order valence-corrected chi connectivity index (χ0v) is 19.0. The van der Waals surface area contributed by atoms with Gasteiger partial charge >= 0.3 is 0 Å². The van der Waals surface area contributed by atoms with Crippen LogP contribution >= 0.6 is 11.6 Å². The third-order valence-corrected chi connectivity index (χ3v) is 6.01. The molecule has 8 heteroatoms. The van der Waals surface area contributed by atoms with Crippen LogP contribution in [0.5, 0.6) is 0 Å². The van der Waals surface area contributed by atoms with E-state index in [0.717, 1.165) is 29.6 Å². The van der Waals surface area contributed by atoms with Crippen molar-refractivity contribution in [2.24, 2.45) is 0 Å². The van der Waals surface area contributed by atoms with Crippen LogP contribution in [-0.4, -0.2) is 33.6 Å². The first-order valence-corrected chi connectivity index (χ1v) is 11.1. The van der Waals surface area contributed by atoms with Gasteiger partial charge in [-0.1, -0.05) is 29.8 Å². The molecule has 0 spiro atoms. The van der Waals surface area contributed by atoms with Gasteiger partial charge in [0, 0.05) is 29.6 Å². The third kappa shape index (κ3) is 3.96. The average Bonchev–Trinajstić information content (AvgIpc) is 3.60. The predicted octanol–water partition coefficient (Wildman–Crippen LogP) is 4.87. The summed E-state index contributed by atoms with van der Waals surface area (Å²) in [6, 6.07) is 14.9. The molecule has 4 aromatic rings. The highest BCUT2D eigenvalue weighted by Crippen LogP contribution is 2.42. The number of hydrogen-bond donors (Lipinski definition) is 2. The molecule has 0 atom stereocenters. The van der Waals surface area contributed by atoms with Gasteiger partial charge in [0.1, 0.15) is 0 Å². The molecule has 2 aromatic heterocycles. The lowest BCUT2D eigenvalue weighted by atomic mass is 10.1. The quantitative estimate of drug-likeness (QED) is 0.445. The van der Waals surface area contributed by atoms with Gasteiger partial charge in [-0.3, -0.25) is 9.59 Å². The highest BCUT2D eigenvalue weighted by atomic mass is 35.5. The fraction of sp³-hybridized carbons (Fsp3) is 0.200. The molecule has 1 fully saturated rings. The van der Waals surface area contributed by atoms with Crippen molar-refractivity contribution in [3.63, 3.8) is 0 Å². The van der Waals surface area contributed by atoms with Gasteiger partial charge in [0.25, 0.3) is 11.8 Å². The molecular weight excluding hydrogens is 438 g/mol. The van der Waals surface area contributed by atoms with Crippen molar-refractivity contribution in [3.8, 4) is 5.69 Å². The maximum Gasteiger partial charge on any atom is 0.257 e. The number of pyridine rings is 1. The molecule has 2 amide bonds. The molecule has 1 aliphatic carbocycles.